The summed E-state index contributed by atoms with van der Waals surface area (Å²) in [7, 11) is 0.868. The SMILES string of the molecule is CCCCCCCCCCCCPC[C@@H]1O[C@H](COCc2ccccc2)[C@@H](OCc2ccccc2)[C@@H]1OCc1ccccc1. The number of ether oxygens (including phenoxy) is 4. The molecule has 1 saturated heterocycles. The molecule has 0 spiro atoms. The van der Waals surface area contributed by atoms with Crippen LogP contribution < -0.4 is 0 Å². The Labute approximate surface area is 269 Å². The maximum Gasteiger partial charge on any atom is 0.115 e. The summed E-state index contributed by atoms with van der Waals surface area (Å²) >= 11 is 0. The van der Waals surface area contributed by atoms with E-state index in [0.29, 0.717) is 26.4 Å². The second kappa shape index (κ2) is 21.6. The Balaban J connectivity index is 1.30. The van der Waals surface area contributed by atoms with E-state index in [4.69, 9.17) is 18.9 Å². The van der Waals surface area contributed by atoms with Crippen molar-refractivity contribution in [1.82, 2.24) is 0 Å². The predicted octanol–water partition coefficient (Wildman–Crippen LogP) is 9.74. The van der Waals surface area contributed by atoms with Crippen LogP contribution in [0.15, 0.2) is 91.0 Å². The highest BCUT2D eigenvalue weighted by Crippen LogP contribution is 2.33. The third kappa shape index (κ3) is 13.1. The molecule has 5 heteroatoms. The van der Waals surface area contributed by atoms with Gasteiger partial charge in [-0.05, 0) is 35.4 Å². The summed E-state index contributed by atoms with van der Waals surface area (Å²) in [6.07, 6.45) is 15.6. The lowest BCUT2D eigenvalue weighted by Gasteiger charge is -2.25. The van der Waals surface area contributed by atoms with Crippen molar-refractivity contribution in [2.24, 2.45) is 0 Å². The molecule has 1 heterocycles. The molecule has 0 N–H and O–H groups in total. The Bertz CT molecular complexity index is 1100. The molecule has 240 valence electrons. The van der Waals surface area contributed by atoms with Crippen LogP contribution in [0.2, 0.25) is 0 Å². The van der Waals surface area contributed by atoms with Crippen molar-refractivity contribution >= 4 is 8.58 Å². The van der Waals surface area contributed by atoms with Crippen molar-refractivity contribution in [2.45, 2.75) is 115 Å². The third-order valence-corrected chi connectivity index (χ3v) is 9.82. The minimum absolute atomic E-state index is 0.00580. The maximum atomic E-state index is 6.73. The summed E-state index contributed by atoms with van der Waals surface area (Å²) in [5.41, 5.74) is 3.49. The summed E-state index contributed by atoms with van der Waals surface area (Å²) < 4.78 is 26.2. The first kappa shape index (κ1) is 34.8. The fraction of sp³-hybridized carbons (Fsp3) is 0.538. The molecule has 3 aromatic carbocycles. The van der Waals surface area contributed by atoms with Gasteiger partial charge in [-0.15, -0.1) is 8.58 Å². The Morgan fingerprint density at radius 2 is 1.00 bits per heavy atom. The Kier molecular flexibility index (Phi) is 17.1. The van der Waals surface area contributed by atoms with Crippen molar-refractivity contribution in [1.29, 1.82) is 0 Å². The van der Waals surface area contributed by atoms with E-state index in [9.17, 15) is 0 Å². The summed E-state index contributed by atoms with van der Waals surface area (Å²) in [6.45, 7) is 4.42. The standard InChI is InChI=1S/C39H55O4P/c1-2-3-4-5-6-7-8-9-10-20-27-44-32-37-39(42-30-35-25-18-13-19-26-35)38(41-29-34-23-16-12-17-24-34)36(43-37)31-40-28-33-21-14-11-15-22-33/h11-19,21-26,36-39,44H,2-10,20,27-32H2,1H3/t36-,37+,38-,39-/m1/s1. The van der Waals surface area contributed by atoms with E-state index in [-0.39, 0.29) is 24.4 Å². The molecular formula is C39H55O4P. The van der Waals surface area contributed by atoms with Crippen molar-refractivity contribution in [3.63, 3.8) is 0 Å². The van der Waals surface area contributed by atoms with E-state index in [0.717, 1.165) is 20.3 Å². The van der Waals surface area contributed by atoms with Gasteiger partial charge >= 0.3 is 0 Å². The van der Waals surface area contributed by atoms with E-state index in [1.807, 2.05) is 18.2 Å². The van der Waals surface area contributed by atoms with Crippen LogP contribution >= 0.6 is 8.58 Å². The highest BCUT2D eigenvalue weighted by molar-refractivity contribution is 7.38. The van der Waals surface area contributed by atoms with Gasteiger partial charge in [-0.25, -0.2) is 0 Å². The molecule has 0 aliphatic carbocycles. The second-order valence-corrected chi connectivity index (χ2v) is 13.5. The van der Waals surface area contributed by atoms with Crippen LogP contribution in [0.3, 0.4) is 0 Å². The first-order chi connectivity index (χ1) is 21.8. The van der Waals surface area contributed by atoms with Gasteiger partial charge in [-0.2, -0.15) is 0 Å². The van der Waals surface area contributed by atoms with Crippen LogP contribution in [0.1, 0.15) is 87.8 Å². The van der Waals surface area contributed by atoms with Gasteiger partial charge in [0.1, 0.15) is 18.3 Å². The van der Waals surface area contributed by atoms with E-state index in [1.54, 1.807) is 0 Å². The van der Waals surface area contributed by atoms with Gasteiger partial charge in [-0.1, -0.05) is 156 Å². The minimum Gasteiger partial charge on any atom is -0.374 e. The van der Waals surface area contributed by atoms with Gasteiger partial charge in [0.2, 0.25) is 0 Å². The number of benzene rings is 3. The number of rotatable bonds is 23. The molecule has 3 aromatic rings. The molecule has 44 heavy (non-hydrogen) atoms. The molecular weight excluding hydrogens is 563 g/mol. The molecule has 4 rings (SSSR count). The maximum absolute atomic E-state index is 6.73. The van der Waals surface area contributed by atoms with Crippen molar-refractivity contribution in [2.75, 3.05) is 18.9 Å². The Hall–Kier alpha value is -2.07. The second-order valence-electron chi connectivity index (χ2n) is 12.1. The van der Waals surface area contributed by atoms with Crippen LogP contribution in [-0.2, 0) is 38.8 Å². The first-order valence-electron chi connectivity index (χ1n) is 17.1. The molecule has 1 aliphatic heterocycles. The van der Waals surface area contributed by atoms with Crippen LogP contribution in [0.4, 0.5) is 0 Å². The first-order valence-corrected chi connectivity index (χ1v) is 18.5. The molecule has 0 radical (unpaired) electrons. The zero-order chi connectivity index (χ0) is 30.5. The van der Waals surface area contributed by atoms with Crippen LogP contribution in [0.25, 0.3) is 0 Å². The number of hydrogen-bond acceptors (Lipinski definition) is 4. The monoisotopic (exact) mass is 618 g/mol. The number of hydrogen-bond donors (Lipinski definition) is 0. The molecule has 5 atom stereocenters. The Morgan fingerprint density at radius 3 is 1.52 bits per heavy atom. The molecule has 0 bridgehead atoms. The summed E-state index contributed by atoms with van der Waals surface area (Å²) in [5, 5.41) is 0. The predicted molar refractivity (Wildman–Crippen MR) is 185 cm³/mol. The van der Waals surface area contributed by atoms with Gasteiger partial charge in [0, 0.05) is 0 Å². The Morgan fingerprint density at radius 1 is 0.545 bits per heavy atom. The van der Waals surface area contributed by atoms with Gasteiger partial charge in [0.05, 0.1) is 32.5 Å². The number of unbranched alkanes of at least 4 members (excludes halogenated alkanes) is 9. The van der Waals surface area contributed by atoms with Crippen LogP contribution in [-0.4, -0.2) is 43.3 Å². The quantitative estimate of drug-likeness (QED) is 0.0783. The zero-order valence-corrected chi connectivity index (χ0v) is 27.9. The fourth-order valence-electron chi connectivity index (χ4n) is 5.89. The molecule has 4 nitrogen and oxygen atoms in total. The lowest BCUT2D eigenvalue weighted by atomic mass is 10.1. The van der Waals surface area contributed by atoms with E-state index in [2.05, 4.69) is 79.7 Å². The fourth-order valence-corrected chi connectivity index (χ4v) is 7.20. The molecule has 0 amide bonds. The molecule has 0 saturated carbocycles. The van der Waals surface area contributed by atoms with Gasteiger partial charge < -0.3 is 18.9 Å². The molecule has 1 fully saturated rings. The van der Waals surface area contributed by atoms with Crippen molar-refractivity contribution in [3.05, 3.63) is 108 Å². The van der Waals surface area contributed by atoms with Crippen molar-refractivity contribution in [3.8, 4) is 0 Å². The lowest BCUT2D eigenvalue weighted by Crippen LogP contribution is -2.39. The third-order valence-electron chi connectivity index (χ3n) is 8.42. The van der Waals surface area contributed by atoms with Gasteiger partial charge in [0.25, 0.3) is 0 Å². The molecule has 1 aliphatic rings. The average Bonchev–Trinajstić information content (AvgIpc) is 3.40. The van der Waals surface area contributed by atoms with Gasteiger partial charge in [-0.3, -0.25) is 0 Å². The lowest BCUT2D eigenvalue weighted by molar-refractivity contribution is -0.0897. The summed E-state index contributed by atoms with van der Waals surface area (Å²) in [5.74, 6) is 0. The largest absolute Gasteiger partial charge is 0.374 e. The van der Waals surface area contributed by atoms with Crippen LogP contribution in [0.5, 0.6) is 0 Å². The molecule has 1 unspecified atom stereocenters. The van der Waals surface area contributed by atoms with Crippen LogP contribution in [0, 0.1) is 0 Å². The average molecular weight is 619 g/mol. The topological polar surface area (TPSA) is 36.9 Å². The minimum atomic E-state index is -0.193. The van der Waals surface area contributed by atoms with E-state index < -0.39 is 0 Å². The van der Waals surface area contributed by atoms with E-state index in [1.165, 1.54) is 81.5 Å². The smallest absolute Gasteiger partial charge is 0.115 e. The van der Waals surface area contributed by atoms with Crippen molar-refractivity contribution < 1.29 is 18.9 Å². The van der Waals surface area contributed by atoms with Gasteiger partial charge in [0.15, 0.2) is 0 Å². The zero-order valence-electron chi connectivity index (χ0n) is 26.9. The molecule has 0 aromatic heterocycles. The van der Waals surface area contributed by atoms with E-state index >= 15 is 0 Å². The normalized spacial score (nSPS) is 20.1. The summed E-state index contributed by atoms with van der Waals surface area (Å²) in [6, 6.07) is 31.2. The summed E-state index contributed by atoms with van der Waals surface area (Å²) in [4.78, 5) is 0. The highest BCUT2D eigenvalue weighted by atomic mass is 31.1. The highest BCUT2D eigenvalue weighted by Gasteiger charge is 2.46.